The van der Waals surface area contributed by atoms with Gasteiger partial charge in [0.15, 0.2) is 11.5 Å². The number of nitrogens with zero attached hydrogens (tertiary/aromatic N) is 1. The Labute approximate surface area is 132 Å². The SMILES string of the molecule is CCOC(=O)[C@@H]1CCCCN1Cc1ccc(OC)c(OC)c1. The number of methoxy groups -OCH3 is 2. The Hall–Kier alpha value is -1.75. The van der Waals surface area contributed by atoms with Gasteiger partial charge in [-0.1, -0.05) is 12.5 Å². The standard InChI is InChI=1S/C17H25NO4/c1-4-22-17(19)14-7-5-6-10-18(14)12-13-8-9-15(20-2)16(11-13)21-3/h8-9,11,14H,4-7,10,12H2,1-3H3/t14-/m0/s1. The first-order valence-corrected chi connectivity index (χ1v) is 7.81. The molecule has 0 amide bonds. The van der Waals surface area contributed by atoms with E-state index < -0.39 is 0 Å². The van der Waals surface area contributed by atoms with Crippen molar-refractivity contribution in [2.24, 2.45) is 0 Å². The summed E-state index contributed by atoms with van der Waals surface area (Å²) in [6.45, 7) is 3.90. The van der Waals surface area contributed by atoms with Crippen molar-refractivity contribution in [2.75, 3.05) is 27.4 Å². The molecule has 0 N–H and O–H groups in total. The lowest BCUT2D eigenvalue weighted by atomic mass is 10.0. The molecule has 0 unspecified atom stereocenters. The quantitative estimate of drug-likeness (QED) is 0.756. The minimum atomic E-state index is -0.137. The summed E-state index contributed by atoms with van der Waals surface area (Å²) in [5, 5.41) is 0. The first-order valence-electron chi connectivity index (χ1n) is 7.81. The van der Waals surface area contributed by atoms with Crippen molar-refractivity contribution in [3.63, 3.8) is 0 Å². The number of benzene rings is 1. The Bertz CT molecular complexity index is 503. The number of piperidine rings is 1. The molecule has 1 aromatic carbocycles. The molecule has 0 bridgehead atoms. The van der Waals surface area contributed by atoms with Gasteiger partial charge in [-0.15, -0.1) is 0 Å². The number of carbonyl (C=O) groups is 1. The van der Waals surface area contributed by atoms with Gasteiger partial charge in [-0.3, -0.25) is 9.69 Å². The Morgan fingerprint density at radius 3 is 2.68 bits per heavy atom. The fourth-order valence-electron chi connectivity index (χ4n) is 2.90. The average Bonchev–Trinajstić information content (AvgIpc) is 2.55. The molecule has 2 rings (SSSR count). The Morgan fingerprint density at radius 1 is 1.23 bits per heavy atom. The number of esters is 1. The summed E-state index contributed by atoms with van der Waals surface area (Å²) in [5.41, 5.74) is 1.11. The number of rotatable bonds is 6. The van der Waals surface area contributed by atoms with Crippen LogP contribution in [0.5, 0.6) is 11.5 Å². The van der Waals surface area contributed by atoms with E-state index in [0.717, 1.165) is 31.4 Å². The second kappa shape index (κ2) is 8.03. The lowest BCUT2D eigenvalue weighted by molar-refractivity contribution is -0.151. The zero-order valence-electron chi connectivity index (χ0n) is 13.6. The van der Waals surface area contributed by atoms with Crippen molar-refractivity contribution in [1.29, 1.82) is 0 Å². The van der Waals surface area contributed by atoms with Crippen molar-refractivity contribution >= 4 is 5.97 Å². The van der Waals surface area contributed by atoms with Crippen LogP contribution in [0.25, 0.3) is 0 Å². The topological polar surface area (TPSA) is 48.0 Å². The van der Waals surface area contributed by atoms with Crippen LogP contribution < -0.4 is 9.47 Å². The lowest BCUT2D eigenvalue weighted by Gasteiger charge is -2.34. The van der Waals surface area contributed by atoms with Crippen LogP contribution in [0, 0.1) is 0 Å². The van der Waals surface area contributed by atoms with Gasteiger partial charge < -0.3 is 14.2 Å². The second-order valence-electron chi connectivity index (χ2n) is 5.42. The highest BCUT2D eigenvalue weighted by Crippen LogP contribution is 2.29. The molecule has 0 aromatic heterocycles. The first-order chi connectivity index (χ1) is 10.7. The number of likely N-dealkylation sites (tertiary alicyclic amines) is 1. The zero-order chi connectivity index (χ0) is 15.9. The molecule has 1 fully saturated rings. The lowest BCUT2D eigenvalue weighted by Crippen LogP contribution is -2.44. The van der Waals surface area contributed by atoms with Crippen LogP contribution in [0.15, 0.2) is 18.2 Å². The van der Waals surface area contributed by atoms with E-state index in [9.17, 15) is 4.79 Å². The van der Waals surface area contributed by atoms with Gasteiger partial charge in [-0.2, -0.15) is 0 Å². The third-order valence-corrected chi connectivity index (χ3v) is 4.01. The molecule has 22 heavy (non-hydrogen) atoms. The molecule has 1 aliphatic heterocycles. The van der Waals surface area contributed by atoms with Gasteiger partial charge in [0.05, 0.1) is 20.8 Å². The smallest absolute Gasteiger partial charge is 0.323 e. The van der Waals surface area contributed by atoms with Gasteiger partial charge >= 0.3 is 5.97 Å². The Morgan fingerprint density at radius 2 is 2.00 bits per heavy atom. The van der Waals surface area contributed by atoms with Crippen LogP contribution in [0.3, 0.4) is 0 Å². The van der Waals surface area contributed by atoms with E-state index in [-0.39, 0.29) is 12.0 Å². The largest absolute Gasteiger partial charge is 0.493 e. The normalized spacial score (nSPS) is 18.8. The van der Waals surface area contributed by atoms with Gasteiger partial charge in [0.25, 0.3) is 0 Å². The summed E-state index contributed by atoms with van der Waals surface area (Å²) in [6, 6.07) is 5.74. The minimum Gasteiger partial charge on any atom is -0.493 e. The van der Waals surface area contributed by atoms with E-state index in [1.807, 2.05) is 25.1 Å². The maximum absolute atomic E-state index is 12.1. The fourth-order valence-corrected chi connectivity index (χ4v) is 2.90. The van der Waals surface area contributed by atoms with Crippen molar-refractivity contribution < 1.29 is 19.0 Å². The molecule has 1 saturated heterocycles. The maximum Gasteiger partial charge on any atom is 0.323 e. The number of hydrogen-bond donors (Lipinski definition) is 0. The Kier molecular flexibility index (Phi) is 6.07. The zero-order valence-corrected chi connectivity index (χ0v) is 13.6. The van der Waals surface area contributed by atoms with Crippen LogP contribution in [0.1, 0.15) is 31.7 Å². The third kappa shape index (κ3) is 3.91. The van der Waals surface area contributed by atoms with Gasteiger partial charge in [-0.05, 0) is 44.0 Å². The first kappa shape index (κ1) is 16.6. The molecule has 1 aromatic rings. The van der Waals surface area contributed by atoms with Crippen LogP contribution >= 0.6 is 0 Å². The van der Waals surface area contributed by atoms with E-state index in [1.165, 1.54) is 0 Å². The summed E-state index contributed by atoms with van der Waals surface area (Å²) in [6.07, 6.45) is 3.06. The molecule has 5 heteroatoms. The monoisotopic (exact) mass is 307 g/mol. The molecule has 1 atom stereocenters. The molecular formula is C17H25NO4. The van der Waals surface area contributed by atoms with E-state index in [0.29, 0.717) is 24.7 Å². The van der Waals surface area contributed by atoms with Crippen LogP contribution in [0.4, 0.5) is 0 Å². The minimum absolute atomic E-state index is 0.109. The molecule has 0 radical (unpaired) electrons. The highest BCUT2D eigenvalue weighted by molar-refractivity contribution is 5.75. The van der Waals surface area contributed by atoms with E-state index in [2.05, 4.69) is 4.90 Å². The van der Waals surface area contributed by atoms with Crippen molar-refractivity contribution in [1.82, 2.24) is 4.90 Å². The van der Waals surface area contributed by atoms with Crippen molar-refractivity contribution in [3.05, 3.63) is 23.8 Å². The van der Waals surface area contributed by atoms with Crippen molar-refractivity contribution in [2.45, 2.75) is 38.8 Å². The van der Waals surface area contributed by atoms with Gasteiger partial charge in [-0.25, -0.2) is 0 Å². The summed E-state index contributed by atoms with van der Waals surface area (Å²) in [7, 11) is 3.25. The van der Waals surface area contributed by atoms with Gasteiger partial charge in [0.2, 0.25) is 0 Å². The molecule has 0 saturated carbocycles. The van der Waals surface area contributed by atoms with E-state index >= 15 is 0 Å². The highest BCUT2D eigenvalue weighted by Gasteiger charge is 2.29. The third-order valence-electron chi connectivity index (χ3n) is 4.01. The van der Waals surface area contributed by atoms with Gasteiger partial charge in [0, 0.05) is 6.54 Å². The summed E-state index contributed by atoms with van der Waals surface area (Å²) >= 11 is 0. The molecular weight excluding hydrogens is 282 g/mol. The molecule has 1 aliphatic rings. The molecule has 122 valence electrons. The van der Waals surface area contributed by atoms with Crippen LogP contribution in [0.2, 0.25) is 0 Å². The van der Waals surface area contributed by atoms with Crippen molar-refractivity contribution in [3.8, 4) is 11.5 Å². The summed E-state index contributed by atoms with van der Waals surface area (Å²) in [5.74, 6) is 1.32. The second-order valence-corrected chi connectivity index (χ2v) is 5.42. The number of carbonyl (C=O) groups excluding carboxylic acids is 1. The summed E-state index contributed by atoms with van der Waals surface area (Å²) in [4.78, 5) is 14.3. The predicted molar refractivity (Wildman–Crippen MR) is 84.2 cm³/mol. The number of hydrogen-bond acceptors (Lipinski definition) is 5. The Balaban J connectivity index is 2.11. The predicted octanol–water partition coefficient (Wildman–Crippen LogP) is 2.62. The fraction of sp³-hybridized carbons (Fsp3) is 0.588. The maximum atomic E-state index is 12.1. The summed E-state index contributed by atoms with van der Waals surface area (Å²) < 4.78 is 15.8. The molecule has 1 heterocycles. The van der Waals surface area contributed by atoms with Crippen LogP contribution in [-0.2, 0) is 16.1 Å². The molecule has 0 spiro atoms. The molecule has 0 aliphatic carbocycles. The molecule has 5 nitrogen and oxygen atoms in total. The van der Waals surface area contributed by atoms with E-state index in [4.69, 9.17) is 14.2 Å². The van der Waals surface area contributed by atoms with Crippen LogP contribution in [-0.4, -0.2) is 44.3 Å². The number of ether oxygens (including phenoxy) is 3. The van der Waals surface area contributed by atoms with Gasteiger partial charge in [0.1, 0.15) is 6.04 Å². The average molecular weight is 307 g/mol. The highest BCUT2D eigenvalue weighted by atomic mass is 16.5. The van der Waals surface area contributed by atoms with E-state index in [1.54, 1.807) is 14.2 Å².